The number of anilines is 1. The van der Waals surface area contributed by atoms with Gasteiger partial charge in [0.2, 0.25) is 0 Å². The van der Waals surface area contributed by atoms with E-state index in [1.807, 2.05) is 17.0 Å². The summed E-state index contributed by atoms with van der Waals surface area (Å²) in [5.74, 6) is 0.652. The molecule has 0 spiro atoms. The van der Waals surface area contributed by atoms with E-state index in [0.717, 1.165) is 28.0 Å². The van der Waals surface area contributed by atoms with Crippen LogP contribution < -0.4 is 14.4 Å². The number of benzene rings is 2. The van der Waals surface area contributed by atoms with Crippen molar-refractivity contribution in [3.63, 3.8) is 0 Å². The maximum absolute atomic E-state index is 12.9. The lowest BCUT2D eigenvalue weighted by Crippen LogP contribution is -2.48. The number of ether oxygens (including phenoxy) is 2. The molecule has 12 nitrogen and oxygen atoms in total. The average molecular weight is 473 g/mol. The summed E-state index contributed by atoms with van der Waals surface area (Å²) in [6.07, 6.45) is 0. The highest BCUT2D eigenvalue weighted by Crippen LogP contribution is 2.40. The van der Waals surface area contributed by atoms with E-state index in [1.165, 1.54) is 16.2 Å². The molecule has 3 aromatic rings. The van der Waals surface area contributed by atoms with Gasteiger partial charge in [-0.1, -0.05) is 11.3 Å². The number of thiazole rings is 1. The molecule has 13 heteroatoms. The van der Waals surface area contributed by atoms with Crippen molar-refractivity contribution < 1.29 is 24.1 Å². The molecule has 0 unspecified atom stereocenters. The maximum Gasteiger partial charge on any atom is 0.277 e. The molecule has 0 radical (unpaired) electrons. The molecule has 33 heavy (non-hydrogen) atoms. The van der Waals surface area contributed by atoms with Crippen molar-refractivity contribution in [3.05, 3.63) is 56.1 Å². The molecule has 1 aromatic heterocycles. The van der Waals surface area contributed by atoms with Crippen LogP contribution in [-0.4, -0.2) is 66.0 Å². The number of hydrogen-bond acceptors (Lipinski definition) is 10. The number of nitrogens with zero attached hydrogens (tertiary/aromatic N) is 5. The number of amides is 1. The molecule has 4 rings (SSSR count). The number of non-ortho nitro benzene ring substituents is 2. The van der Waals surface area contributed by atoms with Crippen LogP contribution in [-0.2, 0) is 0 Å². The maximum atomic E-state index is 12.9. The highest BCUT2D eigenvalue weighted by Gasteiger charge is 2.27. The van der Waals surface area contributed by atoms with Gasteiger partial charge >= 0.3 is 0 Å². The van der Waals surface area contributed by atoms with E-state index in [-0.39, 0.29) is 5.56 Å². The number of nitro groups is 2. The van der Waals surface area contributed by atoms with Crippen molar-refractivity contribution in [1.29, 1.82) is 0 Å². The lowest BCUT2D eigenvalue weighted by Gasteiger charge is -2.34. The summed E-state index contributed by atoms with van der Waals surface area (Å²) < 4.78 is 11.7. The number of aromatic nitrogens is 1. The lowest BCUT2D eigenvalue weighted by atomic mass is 10.1. The topological polar surface area (TPSA) is 141 Å². The van der Waals surface area contributed by atoms with E-state index in [1.54, 1.807) is 14.2 Å². The molecule has 172 valence electrons. The fourth-order valence-corrected chi connectivity index (χ4v) is 4.66. The van der Waals surface area contributed by atoms with Crippen molar-refractivity contribution in [2.45, 2.75) is 0 Å². The van der Waals surface area contributed by atoms with Crippen molar-refractivity contribution in [3.8, 4) is 11.5 Å². The molecular formula is C20H19N5O7S. The van der Waals surface area contributed by atoms with E-state index >= 15 is 0 Å². The van der Waals surface area contributed by atoms with Crippen molar-refractivity contribution in [2.24, 2.45) is 0 Å². The Morgan fingerprint density at radius 3 is 2.18 bits per heavy atom. The predicted octanol–water partition coefficient (Wildman–Crippen LogP) is 3.09. The number of hydrogen-bond donors (Lipinski definition) is 0. The summed E-state index contributed by atoms with van der Waals surface area (Å²) in [6.45, 7) is 1.65. The number of fused-ring (bicyclic) bond motifs is 1. The number of carbonyl (C=O) groups is 1. The molecule has 1 fully saturated rings. The van der Waals surface area contributed by atoms with Gasteiger partial charge in [-0.2, -0.15) is 0 Å². The molecule has 1 aliphatic rings. The van der Waals surface area contributed by atoms with E-state index < -0.39 is 27.1 Å². The molecule has 1 aliphatic heterocycles. The van der Waals surface area contributed by atoms with E-state index in [0.29, 0.717) is 43.2 Å². The summed E-state index contributed by atoms with van der Waals surface area (Å²) in [5, 5.41) is 23.0. The molecule has 0 atom stereocenters. The fraction of sp³-hybridized carbons (Fsp3) is 0.300. The van der Waals surface area contributed by atoms with Crippen molar-refractivity contribution in [2.75, 3.05) is 45.3 Å². The van der Waals surface area contributed by atoms with Gasteiger partial charge in [-0.3, -0.25) is 25.0 Å². The van der Waals surface area contributed by atoms with Crippen LogP contribution in [0.15, 0.2) is 30.3 Å². The Balaban J connectivity index is 1.52. The minimum absolute atomic E-state index is 0.0823. The second kappa shape index (κ2) is 8.86. The molecule has 2 heterocycles. The van der Waals surface area contributed by atoms with Gasteiger partial charge < -0.3 is 19.3 Å². The molecule has 1 saturated heterocycles. The normalized spacial score (nSPS) is 13.8. The number of methoxy groups -OCH3 is 2. The van der Waals surface area contributed by atoms with Crippen LogP contribution in [0, 0.1) is 20.2 Å². The van der Waals surface area contributed by atoms with Crippen LogP contribution in [0.25, 0.3) is 10.2 Å². The van der Waals surface area contributed by atoms with Crippen LogP contribution in [0.4, 0.5) is 16.5 Å². The van der Waals surface area contributed by atoms with Crippen LogP contribution in [0.1, 0.15) is 10.4 Å². The quantitative estimate of drug-likeness (QED) is 0.390. The number of nitro benzene ring substituents is 2. The van der Waals surface area contributed by atoms with Gasteiger partial charge in [0.15, 0.2) is 16.6 Å². The zero-order chi connectivity index (χ0) is 23.7. The van der Waals surface area contributed by atoms with Crippen molar-refractivity contribution in [1.82, 2.24) is 9.88 Å². The Labute approximate surface area is 191 Å². The Kier molecular flexibility index (Phi) is 5.96. The fourth-order valence-electron chi connectivity index (χ4n) is 3.65. The van der Waals surface area contributed by atoms with Crippen molar-refractivity contribution >= 4 is 44.0 Å². The first kappa shape index (κ1) is 22.2. The smallest absolute Gasteiger partial charge is 0.277 e. The first-order valence-electron chi connectivity index (χ1n) is 9.82. The van der Waals surface area contributed by atoms with Crippen LogP contribution in [0.2, 0.25) is 0 Å². The Bertz CT molecular complexity index is 1220. The zero-order valence-corrected chi connectivity index (χ0v) is 18.5. The third-order valence-electron chi connectivity index (χ3n) is 5.30. The average Bonchev–Trinajstić information content (AvgIpc) is 3.27. The highest BCUT2D eigenvalue weighted by molar-refractivity contribution is 7.22. The Morgan fingerprint density at radius 2 is 1.64 bits per heavy atom. The van der Waals surface area contributed by atoms with Crippen LogP contribution in [0.5, 0.6) is 11.5 Å². The summed E-state index contributed by atoms with van der Waals surface area (Å²) in [7, 11) is 3.11. The zero-order valence-electron chi connectivity index (χ0n) is 17.7. The van der Waals surface area contributed by atoms with Gasteiger partial charge in [0.05, 0.1) is 40.4 Å². The molecule has 1 amide bonds. The van der Waals surface area contributed by atoms with Gasteiger partial charge in [-0.05, 0) is 12.1 Å². The Hall–Kier alpha value is -4.00. The number of piperazine rings is 1. The second-order valence-electron chi connectivity index (χ2n) is 7.18. The van der Waals surface area contributed by atoms with E-state index in [4.69, 9.17) is 14.5 Å². The highest BCUT2D eigenvalue weighted by atomic mass is 32.1. The Morgan fingerprint density at radius 1 is 1.00 bits per heavy atom. The van der Waals surface area contributed by atoms with Gasteiger partial charge in [0.1, 0.15) is 5.52 Å². The third-order valence-corrected chi connectivity index (χ3v) is 6.38. The molecule has 0 saturated carbocycles. The number of rotatable bonds is 6. The predicted molar refractivity (Wildman–Crippen MR) is 121 cm³/mol. The first-order valence-corrected chi connectivity index (χ1v) is 10.6. The summed E-state index contributed by atoms with van der Waals surface area (Å²) >= 11 is 1.49. The van der Waals surface area contributed by atoms with Gasteiger partial charge in [0.25, 0.3) is 17.3 Å². The van der Waals surface area contributed by atoms with E-state index in [9.17, 15) is 25.0 Å². The summed E-state index contributed by atoms with van der Waals surface area (Å²) in [6, 6.07) is 6.69. The second-order valence-corrected chi connectivity index (χ2v) is 8.18. The SMILES string of the molecule is COc1ccc2sc(N3CCN(C(=O)c4cc([N+](=O)[O-])cc([N+](=O)[O-])c4)CC3)nc2c1OC. The monoisotopic (exact) mass is 473 g/mol. The van der Waals surface area contributed by atoms with E-state index in [2.05, 4.69) is 0 Å². The standard InChI is InChI=1S/C20H19N5O7S/c1-31-15-3-4-16-17(18(15)32-2)21-20(33-16)23-7-5-22(6-8-23)19(26)12-9-13(24(27)28)11-14(10-12)25(29)30/h3-4,9-11H,5-8H2,1-2H3. The molecule has 2 aromatic carbocycles. The molecular weight excluding hydrogens is 454 g/mol. The van der Waals surface area contributed by atoms with Crippen LogP contribution >= 0.6 is 11.3 Å². The number of carbonyl (C=O) groups excluding carboxylic acids is 1. The minimum atomic E-state index is -0.752. The molecule has 0 N–H and O–H groups in total. The van der Waals surface area contributed by atoms with Gasteiger partial charge in [-0.25, -0.2) is 4.98 Å². The first-order chi connectivity index (χ1) is 15.8. The molecule has 0 bridgehead atoms. The molecule has 0 aliphatic carbocycles. The third kappa shape index (κ3) is 4.22. The van der Waals surface area contributed by atoms with Gasteiger partial charge in [-0.15, -0.1) is 0 Å². The van der Waals surface area contributed by atoms with Crippen LogP contribution in [0.3, 0.4) is 0 Å². The largest absolute Gasteiger partial charge is 0.493 e. The lowest BCUT2D eigenvalue weighted by molar-refractivity contribution is -0.394. The summed E-state index contributed by atoms with van der Waals surface area (Å²) in [4.78, 5) is 41.9. The summed E-state index contributed by atoms with van der Waals surface area (Å²) in [5.41, 5.74) is -0.379. The van der Waals surface area contributed by atoms with Gasteiger partial charge in [0, 0.05) is 38.3 Å². The minimum Gasteiger partial charge on any atom is -0.493 e.